The third-order valence-corrected chi connectivity index (χ3v) is 3.21. The molecule has 2 rings (SSSR count). The first-order chi connectivity index (χ1) is 8.09. The van der Waals surface area contributed by atoms with E-state index in [-0.39, 0.29) is 5.91 Å². The summed E-state index contributed by atoms with van der Waals surface area (Å²) in [7, 11) is 3.77. The number of benzene rings is 1. The molecule has 1 aromatic rings. The Bertz CT molecular complexity index is 415. The van der Waals surface area contributed by atoms with E-state index in [0.717, 1.165) is 18.5 Å². The second-order valence-corrected chi connectivity index (χ2v) is 4.65. The van der Waals surface area contributed by atoms with Gasteiger partial charge >= 0.3 is 0 Å². The van der Waals surface area contributed by atoms with Gasteiger partial charge in [0.2, 0.25) is 5.91 Å². The maximum atomic E-state index is 12.0. The number of anilines is 2. The van der Waals surface area contributed by atoms with Gasteiger partial charge in [-0.1, -0.05) is 12.1 Å². The molecule has 0 spiro atoms. The Balaban J connectivity index is 1.99. The molecule has 0 unspecified atom stereocenters. The maximum Gasteiger partial charge on any atom is 0.242 e. The Labute approximate surface area is 102 Å². The van der Waals surface area contributed by atoms with Crippen LogP contribution in [-0.4, -0.2) is 37.5 Å². The predicted octanol–water partition coefficient (Wildman–Crippen LogP) is 1.33. The minimum atomic E-state index is 0.151. The number of hydrogen-bond donors (Lipinski definition) is 1. The normalized spacial score (nSPS) is 14.5. The molecule has 17 heavy (non-hydrogen) atoms. The van der Waals surface area contributed by atoms with Crippen LogP contribution < -0.4 is 10.6 Å². The first kappa shape index (κ1) is 11.8. The molecule has 1 saturated carbocycles. The molecule has 1 fully saturated rings. The fraction of sp³-hybridized carbons (Fsp3) is 0.462. The highest BCUT2D eigenvalue weighted by Crippen LogP contribution is 2.26. The Morgan fingerprint density at radius 3 is 2.59 bits per heavy atom. The highest BCUT2D eigenvalue weighted by molar-refractivity contribution is 5.83. The van der Waals surface area contributed by atoms with Gasteiger partial charge in [-0.2, -0.15) is 0 Å². The standard InChI is InChI=1S/C13H19N3O/c1-15(12-6-4-3-5-11(12)14)9-13(17)16(2)10-7-8-10/h3-6,10H,7-9,14H2,1-2H3. The van der Waals surface area contributed by atoms with Gasteiger partial charge in [-0.15, -0.1) is 0 Å². The molecule has 0 radical (unpaired) electrons. The van der Waals surface area contributed by atoms with Gasteiger partial charge in [0.05, 0.1) is 17.9 Å². The second kappa shape index (κ2) is 4.65. The van der Waals surface area contributed by atoms with Crippen LogP contribution >= 0.6 is 0 Å². The van der Waals surface area contributed by atoms with Crippen LogP contribution in [0, 0.1) is 0 Å². The summed E-state index contributed by atoms with van der Waals surface area (Å²) in [5.41, 5.74) is 7.49. The van der Waals surface area contributed by atoms with Gasteiger partial charge in [0.25, 0.3) is 0 Å². The SMILES string of the molecule is CN(CC(=O)N(C)C1CC1)c1ccccc1N. The molecule has 92 valence electrons. The molecule has 0 aromatic heterocycles. The van der Waals surface area contributed by atoms with Gasteiger partial charge in [-0.3, -0.25) is 4.79 Å². The molecule has 0 bridgehead atoms. The third kappa shape index (κ3) is 2.70. The fourth-order valence-electron chi connectivity index (χ4n) is 1.90. The fourth-order valence-corrected chi connectivity index (χ4v) is 1.90. The number of hydrogen-bond acceptors (Lipinski definition) is 3. The van der Waals surface area contributed by atoms with E-state index in [2.05, 4.69) is 0 Å². The summed E-state index contributed by atoms with van der Waals surface area (Å²) in [6.07, 6.45) is 2.28. The number of carbonyl (C=O) groups excluding carboxylic acids is 1. The summed E-state index contributed by atoms with van der Waals surface area (Å²) in [6, 6.07) is 8.06. The van der Waals surface area contributed by atoms with E-state index in [1.165, 1.54) is 0 Å². The summed E-state index contributed by atoms with van der Waals surface area (Å²) in [5.74, 6) is 0.151. The van der Waals surface area contributed by atoms with Crippen LogP contribution in [0.5, 0.6) is 0 Å². The van der Waals surface area contributed by atoms with Crippen LogP contribution in [0.1, 0.15) is 12.8 Å². The minimum Gasteiger partial charge on any atom is -0.397 e. The van der Waals surface area contributed by atoms with E-state index in [9.17, 15) is 4.79 Å². The van der Waals surface area contributed by atoms with Crippen molar-refractivity contribution < 1.29 is 4.79 Å². The monoisotopic (exact) mass is 233 g/mol. The number of carbonyl (C=O) groups is 1. The number of para-hydroxylation sites is 2. The lowest BCUT2D eigenvalue weighted by atomic mass is 10.2. The van der Waals surface area contributed by atoms with Crippen molar-refractivity contribution in [2.24, 2.45) is 0 Å². The van der Waals surface area contributed by atoms with Gasteiger partial charge in [0.15, 0.2) is 0 Å². The number of nitrogens with zero attached hydrogens (tertiary/aromatic N) is 2. The van der Waals surface area contributed by atoms with Crippen molar-refractivity contribution in [3.05, 3.63) is 24.3 Å². The highest BCUT2D eigenvalue weighted by Gasteiger charge is 2.29. The topological polar surface area (TPSA) is 49.6 Å². The summed E-state index contributed by atoms with van der Waals surface area (Å²) in [4.78, 5) is 15.7. The minimum absolute atomic E-state index is 0.151. The molecule has 1 aliphatic carbocycles. The lowest BCUT2D eigenvalue weighted by molar-refractivity contribution is -0.128. The predicted molar refractivity (Wildman–Crippen MR) is 69.9 cm³/mol. The molecular weight excluding hydrogens is 214 g/mol. The van der Waals surface area contributed by atoms with Crippen molar-refractivity contribution in [1.29, 1.82) is 0 Å². The number of amides is 1. The quantitative estimate of drug-likeness (QED) is 0.798. The lowest BCUT2D eigenvalue weighted by Crippen LogP contribution is -2.38. The summed E-state index contributed by atoms with van der Waals surface area (Å²) < 4.78 is 0. The molecule has 2 N–H and O–H groups in total. The third-order valence-electron chi connectivity index (χ3n) is 3.21. The van der Waals surface area contributed by atoms with E-state index in [4.69, 9.17) is 5.73 Å². The van der Waals surface area contributed by atoms with Gasteiger partial charge in [0.1, 0.15) is 0 Å². The first-order valence-electron chi connectivity index (χ1n) is 5.91. The van der Waals surface area contributed by atoms with E-state index in [1.807, 2.05) is 48.2 Å². The van der Waals surface area contributed by atoms with Crippen LogP contribution in [0.4, 0.5) is 11.4 Å². The smallest absolute Gasteiger partial charge is 0.242 e. The molecule has 1 amide bonds. The Morgan fingerprint density at radius 1 is 1.35 bits per heavy atom. The second-order valence-electron chi connectivity index (χ2n) is 4.65. The molecule has 0 saturated heterocycles. The number of nitrogens with two attached hydrogens (primary N) is 1. The van der Waals surface area contributed by atoms with Gasteiger partial charge in [-0.25, -0.2) is 0 Å². The van der Waals surface area contributed by atoms with Crippen LogP contribution in [0.2, 0.25) is 0 Å². The maximum absolute atomic E-state index is 12.0. The molecule has 0 heterocycles. The zero-order chi connectivity index (χ0) is 12.4. The number of likely N-dealkylation sites (N-methyl/N-ethyl adjacent to an activating group) is 2. The average molecular weight is 233 g/mol. The van der Waals surface area contributed by atoms with Crippen molar-refractivity contribution in [2.45, 2.75) is 18.9 Å². The Morgan fingerprint density at radius 2 is 2.00 bits per heavy atom. The lowest BCUT2D eigenvalue weighted by Gasteiger charge is -2.24. The highest BCUT2D eigenvalue weighted by atomic mass is 16.2. The van der Waals surface area contributed by atoms with Gasteiger partial charge < -0.3 is 15.5 Å². The summed E-state index contributed by atoms with van der Waals surface area (Å²) in [5, 5.41) is 0. The van der Waals surface area contributed by atoms with E-state index < -0.39 is 0 Å². The molecular formula is C13H19N3O. The van der Waals surface area contributed by atoms with E-state index >= 15 is 0 Å². The number of nitrogen functional groups attached to an aromatic ring is 1. The van der Waals surface area contributed by atoms with Crippen LogP contribution in [0.15, 0.2) is 24.3 Å². The molecule has 1 aliphatic rings. The molecule has 4 nitrogen and oxygen atoms in total. The van der Waals surface area contributed by atoms with Crippen molar-refractivity contribution in [3.63, 3.8) is 0 Å². The van der Waals surface area contributed by atoms with Crippen molar-refractivity contribution in [1.82, 2.24) is 4.90 Å². The number of rotatable bonds is 4. The zero-order valence-corrected chi connectivity index (χ0v) is 10.4. The van der Waals surface area contributed by atoms with Crippen molar-refractivity contribution >= 4 is 17.3 Å². The summed E-state index contributed by atoms with van der Waals surface area (Å²) in [6.45, 7) is 0.376. The average Bonchev–Trinajstić information content (AvgIpc) is 3.12. The zero-order valence-electron chi connectivity index (χ0n) is 10.4. The summed E-state index contributed by atoms with van der Waals surface area (Å²) >= 11 is 0. The first-order valence-corrected chi connectivity index (χ1v) is 5.91. The van der Waals surface area contributed by atoms with Crippen LogP contribution in [0.25, 0.3) is 0 Å². The Hall–Kier alpha value is -1.71. The van der Waals surface area contributed by atoms with E-state index in [0.29, 0.717) is 18.3 Å². The van der Waals surface area contributed by atoms with Gasteiger partial charge in [0, 0.05) is 20.1 Å². The molecule has 0 aliphatic heterocycles. The van der Waals surface area contributed by atoms with Crippen molar-refractivity contribution in [2.75, 3.05) is 31.3 Å². The van der Waals surface area contributed by atoms with Crippen LogP contribution in [0.3, 0.4) is 0 Å². The molecule has 0 atom stereocenters. The van der Waals surface area contributed by atoms with Crippen molar-refractivity contribution in [3.8, 4) is 0 Å². The van der Waals surface area contributed by atoms with Crippen LogP contribution in [-0.2, 0) is 4.79 Å². The molecule has 4 heteroatoms. The van der Waals surface area contributed by atoms with Gasteiger partial charge in [-0.05, 0) is 25.0 Å². The van der Waals surface area contributed by atoms with E-state index in [1.54, 1.807) is 0 Å². The Kier molecular flexibility index (Phi) is 3.22. The molecule has 1 aromatic carbocycles. The largest absolute Gasteiger partial charge is 0.397 e.